The number of rotatable bonds is 3. The van der Waals surface area contributed by atoms with Gasteiger partial charge in [-0.2, -0.15) is 0 Å². The summed E-state index contributed by atoms with van der Waals surface area (Å²) in [6.07, 6.45) is 0.525. The molecule has 2 N–H and O–H groups in total. The van der Waals surface area contributed by atoms with Crippen molar-refractivity contribution >= 4 is 10.0 Å². The van der Waals surface area contributed by atoms with Gasteiger partial charge in [0.1, 0.15) is 4.90 Å². The first-order chi connectivity index (χ1) is 8.75. The number of benzene rings is 1. The minimum atomic E-state index is -4.24. The molecule has 0 aromatic heterocycles. The molecular formula is C11H13F3N2O2S. The van der Waals surface area contributed by atoms with Crippen LogP contribution in [0.3, 0.4) is 0 Å². The highest BCUT2D eigenvalue weighted by Gasteiger charge is 2.35. The van der Waals surface area contributed by atoms with Crippen LogP contribution in [0.1, 0.15) is 13.3 Å². The van der Waals surface area contributed by atoms with E-state index in [1.165, 1.54) is 0 Å². The van der Waals surface area contributed by atoms with Gasteiger partial charge in [-0.05, 0) is 32.0 Å². The molecule has 0 saturated carbocycles. The topological polar surface area (TPSA) is 58.2 Å². The summed E-state index contributed by atoms with van der Waals surface area (Å²) in [5, 5.41) is 2.97. The molecule has 4 nitrogen and oxygen atoms in total. The standard InChI is InChI=1S/C11H13F3N2O2S/c1-11(4-5-15-6-11)16-19(17,18)8-3-2-7(12)9(13)10(8)14/h2-3,15-16H,4-6H2,1H3. The van der Waals surface area contributed by atoms with E-state index in [-0.39, 0.29) is 0 Å². The van der Waals surface area contributed by atoms with Crippen molar-refractivity contribution in [3.05, 3.63) is 29.6 Å². The lowest BCUT2D eigenvalue weighted by Crippen LogP contribution is -2.47. The van der Waals surface area contributed by atoms with Crippen LogP contribution in [-0.2, 0) is 10.0 Å². The summed E-state index contributed by atoms with van der Waals surface area (Å²) in [5.74, 6) is -4.93. The molecule has 19 heavy (non-hydrogen) atoms. The van der Waals surface area contributed by atoms with Gasteiger partial charge in [0, 0.05) is 12.1 Å². The monoisotopic (exact) mass is 294 g/mol. The second kappa shape index (κ2) is 4.77. The van der Waals surface area contributed by atoms with Crippen LogP contribution in [0.25, 0.3) is 0 Å². The van der Waals surface area contributed by atoms with Gasteiger partial charge in [0.05, 0.1) is 0 Å². The van der Waals surface area contributed by atoms with Crippen LogP contribution < -0.4 is 10.0 Å². The summed E-state index contributed by atoms with van der Waals surface area (Å²) < 4.78 is 65.7. The van der Waals surface area contributed by atoms with E-state index in [1.54, 1.807) is 6.92 Å². The zero-order chi connectivity index (χ0) is 14.3. The van der Waals surface area contributed by atoms with E-state index < -0.39 is 37.9 Å². The van der Waals surface area contributed by atoms with Crippen LogP contribution >= 0.6 is 0 Å². The zero-order valence-corrected chi connectivity index (χ0v) is 11.0. The molecule has 0 amide bonds. The van der Waals surface area contributed by atoms with Crippen LogP contribution in [0, 0.1) is 17.5 Å². The Morgan fingerprint density at radius 2 is 1.95 bits per heavy atom. The van der Waals surface area contributed by atoms with E-state index >= 15 is 0 Å². The van der Waals surface area contributed by atoms with Crippen molar-refractivity contribution in [2.24, 2.45) is 0 Å². The summed E-state index contributed by atoms with van der Waals surface area (Å²) in [4.78, 5) is -0.889. The van der Waals surface area contributed by atoms with Crippen molar-refractivity contribution in [2.45, 2.75) is 23.8 Å². The van der Waals surface area contributed by atoms with E-state index in [1.807, 2.05) is 0 Å². The first-order valence-corrected chi connectivity index (χ1v) is 7.12. The molecular weight excluding hydrogens is 281 g/mol. The Labute approximate surface area is 109 Å². The average molecular weight is 294 g/mol. The molecule has 1 saturated heterocycles. The molecule has 1 atom stereocenters. The Balaban J connectivity index is 2.37. The van der Waals surface area contributed by atoms with Gasteiger partial charge >= 0.3 is 0 Å². The molecule has 0 radical (unpaired) electrons. The molecule has 1 aromatic carbocycles. The summed E-state index contributed by atoms with van der Waals surface area (Å²) in [7, 11) is -4.24. The number of hydrogen-bond acceptors (Lipinski definition) is 3. The predicted molar refractivity (Wildman–Crippen MR) is 62.5 cm³/mol. The summed E-state index contributed by atoms with van der Waals surface area (Å²) >= 11 is 0. The molecule has 1 unspecified atom stereocenters. The van der Waals surface area contributed by atoms with Crippen molar-refractivity contribution < 1.29 is 21.6 Å². The molecule has 0 spiro atoms. The average Bonchev–Trinajstić information content (AvgIpc) is 2.71. The van der Waals surface area contributed by atoms with Gasteiger partial charge < -0.3 is 5.32 Å². The van der Waals surface area contributed by atoms with Gasteiger partial charge in [0.25, 0.3) is 0 Å². The van der Waals surface area contributed by atoms with Crippen LogP contribution in [0.15, 0.2) is 17.0 Å². The summed E-state index contributed by atoms with van der Waals surface area (Å²) in [5.41, 5.74) is -0.768. The molecule has 1 aliphatic rings. The van der Waals surface area contributed by atoms with E-state index in [2.05, 4.69) is 10.0 Å². The van der Waals surface area contributed by atoms with Gasteiger partial charge in [0.2, 0.25) is 10.0 Å². The predicted octanol–water partition coefficient (Wildman–Crippen LogP) is 1.13. The highest BCUT2D eigenvalue weighted by molar-refractivity contribution is 7.89. The molecule has 0 aliphatic carbocycles. The molecule has 106 valence electrons. The fraction of sp³-hybridized carbons (Fsp3) is 0.455. The maximum Gasteiger partial charge on any atom is 0.244 e. The zero-order valence-electron chi connectivity index (χ0n) is 10.1. The van der Waals surface area contributed by atoms with Crippen molar-refractivity contribution in [1.29, 1.82) is 0 Å². The first-order valence-electron chi connectivity index (χ1n) is 5.63. The van der Waals surface area contributed by atoms with Crippen molar-refractivity contribution in [2.75, 3.05) is 13.1 Å². The number of nitrogens with one attached hydrogen (secondary N) is 2. The maximum atomic E-state index is 13.5. The lowest BCUT2D eigenvalue weighted by atomic mass is 10.0. The van der Waals surface area contributed by atoms with Gasteiger partial charge in [-0.3, -0.25) is 0 Å². The van der Waals surface area contributed by atoms with E-state index in [9.17, 15) is 21.6 Å². The van der Waals surface area contributed by atoms with Crippen LogP contribution in [-0.4, -0.2) is 27.0 Å². The second-order valence-electron chi connectivity index (χ2n) is 4.77. The Morgan fingerprint density at radius 1 is 1.26 bits per heavy atom. The Hall–Kier alpha value is -1.12. The number of hydrogen-bond donors (Lipinski definition) is 2. The lowest BCUT2D eigenvalue weighted by Gasteiger charge is -2.24. The fourth-order valence-corrected chi connectivity index (χ4v) is 3.50. The maximum absolute atomic E-state index is 13.5. The van der Waals surface area contributed by atoms with Crippen molar-refractivity contribution in [3.63, 3.8) is 0 Å². The SMILES string of the molecule is CC1(NS(=O)(=O)c2ccc(F)c(F)c2F)CCNC1. The molecule has 1 aromatic rings. The Bertz CT molecular complexity index is 598. The van der Waals surface area contributed by atoms with Gasteiger partial charge in [-0.1, -0.05) is 0 Å². The quantitative estimate of drug-likeness (QED) is 0.822. The minimum absolute atomic E-state index is 0.386. The summed E-state index contributed by atoms with van der Waals surface area (Å²) in [6, 6.07) is 1.30. The van der Waals surface area contributed by atoms with Gasteiger partial charge in [-0.15, -0.1) is 0 Å². The second-order valence-corrected chi connectivity index (χ2v) is 6.42. The first kappa shape index (κ1) is 14.3. The molecule has 2 rings (SSSR count). The number of halogens is 3. The van der Waals surface area contributed by atoms with E-state index in [0.29, 0.717) is 31.6 Å². The third-order valence-corrected chi connectivity index (χ3v) is 4.69. The Kier molecular flexibility index (Phi) is 3.59. The smallest absolute Gasteiger partial charge is 0.244 e. The molecule has 8 heteroatoms. The third kappa shape index (κ3) is 2.75. The molecule has 1 aliphatic heterocycles. The summed E-state index contributed by atoms with van der Waals surface area (Å²) in [6.45, 7) is 2.67. The van der Waals surface area contributed by atoms with E-state index in [4.69, 9.17) is 0 Å². The third-order valence-electron chi connectivity index (χ3n) is 3.04. The highest BCUT2D eigenvalue weighted by Crippen LogP contribution is 2.23. The normalized spacial score (nSPS) is 23.8. The van der Waals surface area contributed by atoms with E-state index in [0.717, 1.165) is 0 Å². The Morgan fingerprint density at radius 3 is 2.53 bits per heavy atom. The molecule has 0 bridgehead atoms. The largest absolute Gasteiger partial charge is 0.315 e. The highest BCUT2D eigenvalue weighted by atomic mass is 32.2. The van der Waals surface area contributed by atoms with Gasteiger partial charge in [-0.25, -0.2) is 26.3 Å². The minimum Gasteiger partial charge on any atom is -0.315 e. The van der Waals surface area contributed by atoms with Gasteiger partial charge in [0.15, 0.2) is 17.5 Å². The van der Waals surface area contributed by atoms with Crippen molar-refractivity contribution in [1.82, 2.24) is 10.0 Å². The fourth-order valence-electron chi connectivity index (χ4n) is 2.00. The molecule has 1 heterocycles. The van der Waals surface area contributed by atoms with Crippen molar-refractivity contribution in [3.8, 4) is 0 Å². The van der Waals surface area contributed by atoms with Crippen LogP contribution in [0.4, 0.5) is 13.2 Å². The molecule has 1 fully saturated rings. The van der Waals surface area contributed by atoms with Crippen LogP contribution in [0.5, 0.6) is 0 Å². The van der Waals surface area contributed by atoms with Crippen LogP contribution in [0.2, 0.25) is 0 Å². The number of sulfonamides is 1. The lowest BCUT2D eigenvalue weighted by molar-refractivity contribution is 0.424.